The third-order valence-corrected chi connectivity index (χ3v) is 4.50. The molecule has 1 N–H and O–H groups in total. The van der Waals surface area contributed by atoms with Crippen molar-refractivity contribution in [3.63, 3.8) is 0 Å². The SMILES string of the molecule is CCCCC(CCC)NC1CC(c2ccccc2F)C1. The molecule has 1 atom stereocenters. The quantitative estimate of drug-likeness (QED) is 0.703. The molecule has 1 saturated carbocycles. The molecule has 0 bridgehead atoms. The fourth-order valence-electron chi connectivity index (χ4n) is 3.26. The molecule has 0 spiro atoms. The Kier molecular flexibility index (Phi) is 6.03. The van der Waals surface area contributed by atoms with Gasteiger partial charge in [0.15, 0.2) is 0 Å². The standard InChI is InChI=1S/C18H28FN/c1-3-5-9-15(8-4-2)20-16-12-14(13-16)17-10-6-7-11-18(17)19/h6-7,10-11,14-16,20H,3-5,8-9,12-13H2,1-2H3. The van der Waals surface area contributed by atoms with Gasteiger partial charge in [-0.25, -0.2) is 4.39 Å². The van der Waals surface area contributed by atoms with E-state index in [0.717, 1.165) is 18.4 Å². The highest BCUT2D eigenvalue weighted by molar-refractivity contribution is 5.24. The van der Waals surface area contributed by atoms with E-state index in [1.807, 2.05) is 12.1 Å². The van der Waals surface area contributed by atoms with Crippen molar-refractivity contribution in [3.8, 4) is 0 Å². The highest BCUT2D eigenvalue weighted by Crippen LogP contribution is 2.38. The zero-order valence-corrected chi connectivity index (χ0v) is 12.9. The number of unbranched alkanes of at least 4 members (excludes halogenated alkanes) is 1. The third kappa shape index (κ3) is 4.05. The van der Waals surface area contributed by atoms with E-state index >= 15 is 0 Å². The minimum Gasteiger partial charge on any atom is -0.311 e. The second-order valence-corrected chi connectivity index (χ2v) is 6.18. The average Bonchev–Trinajstić information content (AvgIpc) is 2.40. The Labute approximate surface area is 123 Å². The molecule has 1 unspecified atom stereocenters. The Balaban J connectivity index is 1.79. The zero-order chi connectivity index (χ0) is 14.4. The van der Waals surface area contributed by atoms with Gasteiger partial charge in [0.2, 0.25) is 0 Å². The molecular formula is C18H28FN. The molecule has 1 nitrogen and oxygen atoms in total. The van der Waals surface area contributed by atoms with Gasteiger partial charge in [0.25, 0.3) is 0 Å². The fraction of sp³-hybridized carbons (Fsp3) is 0.667. The highest BCUT2D eigenvalue weighted by atomic mass is 19.1. The van der Waals surface area contributed by atoms with Crippen LogP contribution >= 0.6 is 0 Å². The molecule has 0 aromatic heterocycles. The van der Waals surface area contributed by atoms with E-state index in [-0.39, 0.29) is 5.82 Å². The van der Waals surface area contributed by atoms with Gasteiger partial charge in [0, 0.05) is 12.1 Å². The van der Waals surface area contributed by atoms with Gasteiger partial charge >= 0.3 is 0 Å². The van der Waals surface area contributed by atoms with Crippen LogP contribution in [0.5, 0.6) is 0 Å². The lowest BCUT2D eigenvalue weighted by atomic mass is 9.75. The Bertz CT molecular complexity index is 398. The first-order valence-corrected chi connectivity index (χ1v) is 8.25. The van der Waals surface area contributed by atoms with Crippen LogP contribution < -0.4 is 5.32 Å². The Morgan fingerprint density at radius 2 is 1.90 bits per heavy atom. The van der Waals surface area contributed by atoms with Crippen molar-refractivity contribution in [1.29, 1.82) is 0 Å². The van der Waals surface area contributed by atoms with Gasteiger partial charge in [-0.3, -0.25) is 0 Å². The molecule has 1 fully saturated rings. The summed E-state index contributed by atoms with van der Waals surface area (Å²) in [6.45, 7) is 4.50. The van der Waals surface area contributed by atoms with Crippen LogP contribution in [0.15, 0.2) is 24.3 Å². The highest BCUT2D eigenvalue weighted by Gasteiger charge is 2.32. The summed E-state index contributed by atoms with van der Waals surface area (Å²) in [5.41, 5.74) is 0.908. The third-order valence-electron chi connectivity index (χ3n) is 4.50. The van der Waals surface area contributed by atoms with Gasteiger partial charge in [0.1, 0.15) is 5.82 Å². The normalized spacial score (nSPS) is 23.4. The van der Waals surface area contributed by atoms with Crippen molar-refractivity contribution < 1.29 is 4.39 Å². The molecule has 1 aliphatic carbocycles. The van der Waals surface area contributed by atoms with Crippen LogP contribution in [0.3, 0.4) is 0 Å². The predicted molar refractivity (Wildman–Crippen MR) is 83.5 cm³/mol. The monoisotopic (exact) mass is 277 g/mol. The van der Waals surface area contributed by atoms with Crippen molar-refractivity contribution in [3.05, 3.63) is 35.6 Å². The van der Waals surface area contributed by atoms with Gasteiger partial charge in [0.05, 0.1) is 0 Å². The molecule has 0 heterocycles. The number of hydrogen-bond donors (Lipinski definition) is 1. The molecule has 20 heavy (non-hydrogen) atoms. The molecule has 0 aliphatic heterocycles. The molecular weight excluding hydrogens is 249 g/mol. The van der Waals surface area contributed by atoms with Crippen molar-refractivity contribution in [2.75, 3.05) is 0 Å². The molecule has 1 aliphatic rings. The maximum absolute atomic E-state index is 13.7. The second kappa shape index (κ2) is 7.78. The van der Waals surface area contributed by atoms with E-state index in [2.05, 4.69) is 19.2 Å². The smallest absolute Gasteiger partial charge is 0.126 e. The van der Waals surface area contributed by atoms with Crippen LogP contribution in [0.1, 0.15) is 70.3 Å². The first kappa shape index (κ1) is 15.5. The number of halogens is 1. The molecule has 112 valence electrons. The van der Waals surface area contributed by atoms with Crippen molar-refractivity contribution in [2.24, 2.45) is 0 Å². The second-order valence-electron chi connectivity index (χ2n) is 6.18. The predicted octanol–water partition coefficient (Wildman–Crippen LogP) is 5.02. The van der Waals surface area contributed by atoms with E-state index in [4.69, 9.17) is 0 Å². The lowest BCUT2D eigenvalue weighted by molar-refractivity contribution is 0.247. The van der Waals surface area contributed by atoms with Gasteiger partial charge in [-0.15, -0.1) is 0 Å². The number of benzene rings is 1. The van der Waals surface area contributed by atoms with Crippen LogP contribution in [-0.4, -0.2) is 12.1 Å². The summed E-state index contributed by atoms with van der Waals surface area (Å²) >= 11 is 0. The summed E-state index contributed by atoms with van der Waals surface area (Å²) < 4.78 is 13.7. The van der Waals surface area contributed by atoms with E-state index in [1.54, 1.807) is 12.1 Å². The number of rotatable bonds is 8. The first-order chi connectivity index (χ1) is 9.74. The Morgan fingerprint density at radius 1 is 1.15 bits per heavy atom. The molecule has 1 aromatic carbocycles. The minimum absolute atomic E-state index is 0.0351. The summed E-state index contributed by atoms with van der Waals surface area (Å²) in [7, 11) is 0. The minimum atomic E-state index is -0.0351. The first-order valence-electron chi connectivity index (χ1n) is 8.25. The van der Waals surface area contributed by atoms with Crippen LogP contribution in [0, 0.1) is 5.82 Å². The van der Waals surface area contributed by atoms with Gasteiger partial charge in [-0.05, 0) is 43.2 Å². The lowest BCUT2D eigenvalue weighted by Gasteiger charge is -2.39. The summed E-state index contributed by atoms with van der Waals surface area (Å²) in [6.07, 6.45) is 8.54. The summed E-state index contributed by atoms with van der Waals surface area (Å²) in [6, 6.07) is 8.49. The molecule has 0 saturated heterocycles. The Morgan fingerprint density at radius 3 is 2.55 bits per heavy atom. The molecule has 2 rings (SSSR count). The lowest BCUT2D eigenvalue weighted by Crippen LogP contribution is -2.45. The van der Waals surface area contributed by atoms with Gasteiger partial charge in [-0.2, -0.15) is 0 Å². The van der Waals surface area contributed by atoms with Crippen molar-refractivity contribution >= 4 is 0 Å². The van der Waals surface area contributed by atoms with E-state index in [1.165, 1.54) is 32.1 Å². The maximum Gasteiger partial charge on any atom is 0.126 e. The maximum atomic E-state index is 13.7. The van der Waals surface area contributed by atoms with Crippen molar-refractivity contribution in [2.45, 2.75) is 76.8 Å². The Hall–Kier alpha value is -0.890. The zero-order valence-electron chi connectivity index (χ0n) is 12.9. The van der Waals surface area contributed by atoms with Crippen molar-refractivity contribution in [1.82, 2.24) is 5.32 Å². The van der Waals surface area contributed by atoms with Crippen LogP contribution in [0.2, 0.25) is 0 Å². The van der Waals surface area contributed by atoms with Crippen LogP contribution in [0.4, 0.5) is 4.39 Å². The summed E-state index contributed by atoms with van der Waals surface area (Å²) in [5.74, 6) is 0.384. The average molecular weight is 277 g/mol. The number of nitrogens with one attached hydrogen (secondary N) is 1. The van der Waals surface area contributed by atoms with E-state index in [0.29, 0.717) is 18.0 Å². The molecule has 0 radical (unpaired) electrons. The molecule has 1 aromatic rings. The molecule has 2 heteroatoms. The topological polar surface area (TPSA) is 12.0 Å². The summed E-state index contributed by atoms with van der Waals surface area (Å²) in [5, 5.41) is 3.79. The fourth-order valence-corrected chi connectivity index (χ4v) is 3.26. The largest absolute Gasteiger partial charge is 0.311 e. The van der Waals surface area contributed by atoms with Gasteiger partial charge < -0.3 is 5.32 Å². The van der Waals surface area contributed by atoms with Gasteiger partial charge in [-0.1, -0.05) is 51.3 Å². The van der Waals surface area contributed by atoms with Crippen LogP contribution in [-0.2, 0) is 0 Å². The number of hydrogen-bond acceptors (Lipinski definition) is 1. The summed E-state index contributed by atoms with van der Waals surface area (Å²) in [4.78, 5) is 0. The molecule has 0 amide bonds. The van der Waals surface area contributed by atoms with Crippen LogP contribution in [0.25, 0.3) is 0 Å². The van der Waals surface area contributed by atoms with E-state index in [9.17, 15) is 4.39 Å². The van der Waals surface area contributed by atoms with E-state index < -0.39 is 0 Å².